The Hall–Kier alpha value is -3.37. The number of benzene rings is 1. The van der Waals surface area contributed by atoms with Gasteiger partial charge in [0.15, 0.2) is 0 Å². The number of carbonyl (C=O) groups is 1. The first-order chi connectivity index (χ1) is 16.3. The second kappa shape index (κ2) is 8.77. The first kappa shape index (κ1) is 22.4. The summed E-state index contributed by atoms with van der Waals surface area (Å²) in [6.07, 6.45) is 6.49. The Labute approximate surface area is 199 Å². The van der Waals surface area contributed by atoms with Gasteiger partial charge in [0, 0.05) is 29.9 Å². The highest BCUT2D eigenvalue weighted by Gasteiger charge is 2.35. The maximum absolute atomic E-state index is 13.0. The number of likely N-dealkylation sites (tertiary alicyclic amines) is 1. The van der Waals surface area contributed by atoms with Crippen molar-refractivity contribution in [2.45, 2.75) is 64.7 Å². The molecule has 1 N–H and O–H groups in total. The molecule has 0 saturated carbocycles. The summed E-state index contributed by atoms with van der Waals surface area (Å²) < 4.78 is 11.5. The molecule has 2 aliphatic rings. The van der Waals surface area contributed by atoms with Gasteiger partial charge in [0.2, 0.25) is 0 Å². The summed E-state index contributed by atoms with van der Waals surface area (Å²) in [5, 5.41) is 10.1. The van der Waals surface area contributed by atoms with Crippen LogP contribution in [0.3, 0.4) is 0 Å². The molecule has 0 radical (unpaired) electrons. The van der Waals surface area contributed by atoms with Crippen LogP contribution >= 0.6 is 0 Å². The van der Waals surface area contributed by atoms with Crippen molar-refractivity contribution in [1.82, 2.24) is 14.9 Å². The Morgan fingerprint density at radius 1 is 1.32 bits per heavy atom. The van der Waals surface area contributed by atoms with Crippen LogP contribution in [0.2, 0.25) is 0 Å². The Morgan fingerprint density at radius 2 is 2.18 bits per heavy atom. The fourth-order valence-electron chi connectivity index (χ4n) is 5.05. The van der Waals surface area contributed by atoms with Crippen LogP contribution in [-0.4, -0.2) is 39.7 Å². The monoisotopic (exact) mass is 458 g/mol. The summed E-state index contributed by atoms with van der Waals surface area (Å²) in [4.78, 5) is 22.7. The van der Waals surface area contributed by atoms with E-state index in [1.54, 1.807) is 0 Å². The van der Waals surface area contributed by atoms with Gasteiger partial charge in [-0.1, -0.05) is 6.07 Å². The number of H-pyrrole nitrogens is 1. The number of carbonyl (C=O) groups excluding carboxylic acids is 1. The molecule has 1 fully saturated rings. The lowest BCUT2D eigenvalue weighted by Crippen LogP contribution is -2.36. The average Bonchev–Trinajstić information content (AvgIpc) is 3.45. The van der Waals surface area contributed by atoms with Gasteiger partial charge in [-0.2, -0.15) is 5.26 Å². The molecule has 34 heavy (non-hydrogen) atoms. The van der Waals surface area contributed by atoms with Gasteiger partial charge in [-0.05, 0) is 80.0 Å². The van der Waals surface area contributed by atoms with Gasteiger partial charge in [-0.3, -0.25) is 0 Å². The number of pyridine rings is 1. The Morgan fingerprint density at radius 3 is 2.97 bits per heavy atom. The minimum absolute atomic E-state index is 0.0386. The third kappa shape index (κ3) is 4.26. The average molecular weight is 459 g/mol. The molecule has 1 aromatic carbocycles. The van der Waals surface area contributed by atoms with Gasteiger partial charge in [0.25, 0.3) is 0 Å². The molecule has 2 aliphatic heterocycles. The molecule has 0 aliphatic carbocycles. The highest BCUT2D eigenvalue weighted by atomic mass is 16.6. The van der Waals surface area contributed by atoms with Crippen molar-refractivity contribution in [2.24, 2.45) is 0 Å². The molecular weight excluding hydrogens is 428 g/mol. The Balaban J connectivity index is 1.58. The number of nitrogens with one attached hydrogen (secondary N) is 1. The zero-order valence-electron chi connectivity index (χ0n) is 20.0. The van der Waals surface area contributed by atoms with Gasteiger partial charge in [0.05, 0.1) is 31.7 Å². The molecule has 0 bridgehead atoms. The Bertz CT molecular complexity index is 1280. The van der Waals surface area contributed by atoms with Crippen LogP contribution in [-0.2, 0) is 28.9 Å². The SMILES string of the molecule is CC(C)(C)OC(=O)N1CCCC1c1cc(-c2cnc3[nH]cc(CC#N)c3c2)cc2c1COCC2. The molecule has 0 spiro atoms. The first-order valence-corrected chi connectivity index (χ1v) is 11.9. The largest absolute Gasteiger partial charge is 0.444 e. The standard InChI is InChI=1S/C27H30N4O3/c1-27(2,3)34-26(32)31-9-4-5-24(31)22-12-19(11-17-7-10-33-16-23(17)22)20-13-21-18(6-8-28)14-29-25(21)30-15-20/h11-15,24H,4-7,9-10,16H2,1-3H3,(H,29,30). The van der Waals surface area contributed by atoms with Gasteiger partial charge in [-0.25, -0.2) is 9.78 Å². The molecule has 3 aromatic rings. The van der Waals surface area contributed by atoms with Crippen LogP contribution in [0.25, 0.3) is 22.2 Å². The molecule has 176 valence electrons. The van der Waals surface area contributed by atoms with Gasteiger partial charge in [0.1, 0.15) is 11.2 Å². The number of hydrogen-bond acceptors (Lipinski definition) is 5. The van der Waals surface area contributed by atoms with Crippen molar-refractivity contribution < 1.29 is 14.3 Å². The van der Waals surface area contributed by atoms with E-state index in [1.807, 2.05) is 38.1 Å². The lowest BCUT2D eigenvalue weighted by molar-refractivity contribution is 0.0221. The van der Waals surface area contributed by atoms with E-state index in [-0.39, 0.29) is 12.1 Å². The quantitative estimate of drug-likeness (QED) is 0.564. The number of aromatic nitrogens is 2. The van der Waals surface area contributed by atoms with Crippen LogP contribution in [0.1, 0.15) is 61.9 Å². The number of nitrogens with zero attached hydrogens (tertiary/aromatic N) is 3. The lowest BCUT2D eigenvalue weighted by Gasteiger charge is -2.31. The Kier molecular flexibility index (Phi) is 5.78. The van der Waals surface area contributed by atoms with Gasteiger partial charge in [-0.15, -0.1) is 0 Å². The number of nitriles is 1. The number of hydrogen-bond donors (Lipinski definition) is 1. The van der Waals surface area contributed by atoms with E-state index in [0.29, 0.717) is 26.2 Å². The van der Waals surface area contributed by atoms with E-state index in [1.165, 1.54) is 11.1 Å². The van der Waals surface area contributed by atoms with E-state index < -0.39 is 5.60 Å². The lowest BCUT2D eigenvalue weighted by atomic mass is 9.88. The molecule has 5 rings (SSSR count). The second-order valence-electron chi connectivity index (χ2n) is 10.1. The zero-order valence-corrected chi connectivity index (χ0v) is 20.0. The topological polar surface area (TPSA) is 91.2 Å². The summed E-state index contributed by atoms with van der Waals surface area (Å²) >= 11 is 0. The second-order valence-corrected chi connectivity index (χ2v) is 10.1. The highest BCUT2D eigenvalue weighted by molar-refractivity contribution is 5.85. The maximum atomic E-state index is 13.0. The van der Waals surface area contributed by atoms with Crippen molar-refractivity contribution in [3.8, 4) is 17.2 Å². The molecule has 1 saturated heterocycles. The van der Waals surface area contributed by atoms with Crippen molar-refractivity contribution in [1.29, 1.82) is 5.26 Å². The van der Waals surface area contributed by atoms with E-state index in [2.05, 4.69) is 34.2 Å². The van der Waals surface area contributed by atoms with E-state index >= 15 is 0 Å². The minimum atomic E-state index is -0.534. The maximum Gasteiger partial charge on any atom is 0.410 e. The fraction of sp³-hybridized carbons (Fsp3) is 0.444. The zero-order chi connectivity index (χ0) is 23.9. The van der Waals surface area contributed by atoms with Crippen LogP contribution in [0, 0.1) is 11.3 Å². The molecular formula is C27H30N4O3. The number of aromatic amines is 1. The minimum Gasteiger partial charge on any atom is -0.444 e. The van der Waals surface area contributed by atoms with Crippen molar-refractivity contribution in [3.63, 3.8) is 0 Å². The molecule has 7 nitrogen and oxygen atoms in total. The van der Waals surface area contributed by atoms with Gasteiger partial charge < -0.3 is 19.4 Å². The van der Waals surface area contributed by atoms with E-state index in [0.717, 1.165) is 52.5 Å². The molecule has 2 aromatic heterocycles. The predicted molar refractivity (Wildman–Crippen MR) is 129 cm³/mol. The van der Waals surface area contributed by atoms with Crippen molar-refractivity contribution >= 4 is 17.1 Å². The number of fused-ring (bicyclic) bond motifs is 2. The van der Waals surface area contributed by atoms with Crippen LogP contribution in [0.15, 0.2) is 30.6 Å². The number of amides is 1. The molecule has 1 unspecified atom stereocenters. The number of rotatable bonds is 3. The summed E-state index contributed by atoms with van der Waals surface area (Å²) in [6, 6.07) is 8.72. The normalized spacial score (nSPS) is 18.1. The van der Waals surface area contributed by atoms with Crippen LogP contribution in [0.5, 0.6) is 0 Å². The summed E-state index contributed by atoms with van der Waals surface area (Å²) in [5.74, 6) is 0. The molecule has 7 heteroatoms. The first-order valence-electron chi connectivity index (χ1n) is 11.9. The van der Waals surface area contributed by atoms with Crippen molar-refractivity contribution in [2.75, 3.05) is 13.2 Å². The number of ether oxygens (including phenoxy) is 2. The molecule has 4 heterocycles. The van der Waals surface area contributed by atoms with Gasteiger partial charge >= 0.3 is 6.09 Å². The fourth-order valence-corrected chi connectivity index (χ4v) is 5.05. The predicted octanol–water partition coefficient (Wildman–Crippen LogP) is 5.44. The summed E-state index contributed by atoms with van der Waals surface area (Å²) in [5.41, 5.74) is 6.87. The molecule has 1 atom stereocenters. The summed E-state index contributed by atoms with van der Waals surface area (Å²) in [6.45, 7) is 7.64. The van der Waals surface area contributed by atoms with Crippen LogP contribution in [0.4, 0.5) is 4.79 Å². The third-order valence-corrected chi connectivity index (χ3v) is 6.60. The smallest absolute Gasteiger partial charge is 0.410 e. The van der Waals surface area contributed by atoms with Crippen molar-refractivity contribution in [3.05, 3.63) is 52.8 Å². The summed E-state index contributed by atoms with van der Waals surface area (Å²) in [7, 11) is 0. The highest BCUT2D eigenvalue weighted by Crippen LogP contribution is 2.40. The van der Waals surface area contributed by atoms with E-state index in [4.69, 9.17) is 9.47 Å². The molecule has 1 amide bonds. The van der Waals surface area contributed by atoms with E-state index in [9.17, 15) is 10.1 Å². The third-order valence-electron chi connectivity index (χ3n) is 6.60. The van der Waals surface area contributed by atoms with Crippen LogP contribution < -0.4 is 0 Å².